The van der Waals surface area contributed by atoms with E-state index in [1.165, 1.54) is 11.3 Å². The lowest BCUT2D eigenvalue weighted by molar-refractivity contribution is 0.100. The third kappa shape index (κ3) is 2.37. The highest BCUT2D eigenvalue weighted by Gasteiger charge is 2.24. The highest BCUT2D eigenvalue weighted by molar-refractivity contribution is 7.19. The standard InChI is InChI=1S/C11H17N3O3S/c1-16-8-7(12)9(10(13)15)18-11(8)14-3-2-5-17-6-4-14/h2-6,12H2,1H3,(H2,13,15). The lowest BCUT2D eigenvalue weighted by Gasteiger charge is -2.20. The number of thiophene rings is 1. The molecule has 2 rings (SSSR count). The number of nitrogens with zero attached hydrogens (tertiary/aromatic N) is 1. The fourth-order valence-corrected chi connectivity index (χ4v) is 3.05. The third-order valence-electron chi connectivity index (χ3n) is 2.82. The summed E-state index contributed by atoms with van der Waals surface area (Å²) in [5.74, 6) is 0.0174. The number of primary amides is 1. The lowest BCUT2D eigenvalue weighted by atomic mass is 10.3. The molecule has 0 atom stereocenters. The molecule has 1 saturated heterocycles. The van der Waals surface area contributed by atoms with E-state index in [9.17, 15) is 4.79 Å². The Labute approximate surface area is 109 Å². The minimum absolute atomic E-state index is 0.329. The van der Waals surface area contributed by atoms with Crippen LogP contribution < -0.4 is 21.1 Å². The van der Waals surface area contributed by atoms with Crippen molar-refractivity contribution in [2.75, 3.05) is 44.0 Å². The molecule has 0 aliphatic carbocycles. The summed E-state index contributed by atoms with van der Waals surface area (Å²) in [6.45, 7) is 3.03. The van der Waals surface area contributed by atoms with E-state index in [-0.39, 0.29) is 0 Å². The molecule has 0 saturated carbocycles. The molecule has 1 fully saturated rings. The van der Waals surface area contributed by atoms with Gasteiger partial charge in [-0.05, 0) is 6.42 Å². The molecular formula is C11H17N3O3S. The number of amides is 1. The Morgan fingerprint density at radius 2 is 2.22 bits per heavy atom. The highest BCUT2D eigenvalue weighted by atomic mass is 32.1. The summed E-state index contributed by atoms with van der Waals surface area (Å²) in [4.78, 5) is 13.8. The molecule has 6 nitrogen and oxygen atoms in total. The Hall–Kier alpha value is -1.47. The second-order valence-corrected chi connectivity index (χ2v) is 5.00. The van der Waals surface area contributed by atoms with Crippen LogP contribution in [-0.2, 0) is 4.74 Å². The predicted molar refractivity (Wildman–Crippen MR) is 71.5 cm³/mol. The van der Waals surface area contributed by atoms with Gasteiger partial charge in [-0.2, -0.15) is 0 Å². The van der Waals surface area contributed by atoms with Gasteiger partial charge in [0.2, 0.25) is 0 Å². The second kappa shape index (κ2) is 5.45. The van der Waals surface area contributed by atoms with Crippen LogP contribution in [0.4, 0.5) is 10.7 Å². The third-order valence-corrected chi connectivity index (χ3v) is 4.08. The SMILES string of the molecule is COc1c(N2CCCOCC2)sc(C(N)=O)c1N. The highest BCUT2D eigenvalue weighted by Crippen LogP contribution is 2.44. The average Bonchev–Trinajstić information content (AvgIpc) is 2.54. The maximum atomic E-state index is 11.3. The average molecular weight is 271 g/mol. The number of nitrogen functional groups attached to an aromatic ring is 1. The van der Waals surface area contributed by atoms with E-state index >= 15 is 0 Å². The molecule has 0 aromatic carbocycles. The van der Waals surface area contributed by atoms with Crippen molar-refractivity contribution in [1.29, 1.82) is 0 Å². The van der Waals surface area contributed by atoms with Crippen molar-refractivity contribution in [2.24, 2.45) is 5.73 Å². The zero-order valence-corrected chi connectivity index (χ0v) is 11.1. The number of rotatable bonds is 3. The van der Waals surface area contributed by atoms with Gasteiger partial charge in [0.25, 0.3) is 5.91 Å². The number of nitrogens with two attached hydrogens (primary N) is 2. The zero-order valence-electron chi connectivity index (χ0n) is 10.3. The number of carbonyl (C=O) groups is 1. The number of ether oxygens (including phenoxy) is 2. The van der Waals surface area contributed by atoms with Gasteiger partial charge < -0.3 is 25.8 Å². The van der Waals surface area contributed by atoms with Gasteiger partial charge in [0.05, 0.1) is 13.7 Å². The molecule has 1 amide bonds. The van der Waals surface area contributed by atoms with Gasteiger partial charge in [0.1, 0.15) is 15.6 Å². The number of carbonyl (C=O) groups excluding carboxylic acids is 1. The van der Waals surface area contributed by atoms with Crippen LogP contribution in [0.5, 0.6) is 5.75 Å². The summed E-state index contributed by atoms with van der Waals surface area (Å²) in [5, 5.41) is 0.856. The van der Waals surface area contributed by atoms with E-state index in [2.05, 4.69) is 4.90 Å². The lowest BCUT2D eigenvalue weighted by Crippen LogP contribution is -2.25. The first-order valence-electron chi connectivity index (χ1n) is 5.74. The Morgan fingerprint density at radius 1 is 1.44 bits per heavy atom. The molecular weight excluding hydrogens is 254 g/mol. The van der Waals surface area contributed by atoms with Gasteiger partial charge in [-0.15, -0.1) is 11.3 Å². The molecule has 4 N–H and O–H groups in total. The van der Waals surface area contributed by atoms with E-state index in [0.29, 0.717) is 22.9 Å². The zero-order chi connectivity index (χ0) is 13.1. The largest absolute Gasteiger partial charge is 0.492 e. The number of anilines is 2. The quantitative estimate of drug-likeness (QED) is 0.843. The van der Waals surface area contributed by atoms with E-state index in [1.54, 1.807) is 7.11 Å². The van der Waals surface area contributed by atoms with Crippen molar-refractivity contribution in [3.8, 4) is 5.75 Å². The van der Waals surface area contributed by atoms with Crippen molar-refractivity contribution in [3.05, 3.63) is 4.88 Å². The predicted octanol–water partition coefficient (Wildman–Crippen LogP) is 0.665. The molecule has 7 heteroatoms. The number of hydrogen-bond acceptors (Lipinski definition) is 6. The normalized spacial score (nSPS) is 16.4. The van der Waals surface area contributed by atoms with Gasteiger partial charge in [-0.1, -0.05) is 0 Å². The minimum atomic E-state index is -0.520. The monoisotopic (exact) mass is 271 g/mol. The summed E-state index contributed by atoms with van der Waals surface area (Å²) in [6.07, 6.45) is 0.937. The van der Waals surface area contributed by atoms with E-state index < -0.39 is 5.91 Å². The van der Waals surface area contributed by atoms with Crippen molar-refractivity contribution < 1.29 is 14.3 Å². The molecule has 1 aliphatic rings. The topological polar surface area (TPSA) is 90.8 Å². The van der Waals surface area contributed by atoms with Crippen LogP contribution in [0.2, 0.25) is 0 Å². The molecule has 1 aromatic rings. The molecule has 1 aromatic heterocycles. The van der Waals surface area contributed by atoms with Crippen molar-refractivity contribution in [2.45, 2.75) is 6.42 Å². The van der Waals surface area contributed by atoms with Gasteiger partial charge in [0.15, 0.2) is 5.75 Å². The molecule has 2 heterocycles. The molecule has 18 heavy (non-hydrogen) atoms. The van der Waals surface area contributed by atoms with Gasteiger partial charge >= 0.3 is 0 Å². The van der Waals surface area contributed by atoms with E-state index in [4.69, 9.17) is 20.9 Å². The Balaban J connectivity index is 2.36. The summed E-state index contributed by atoms with van der Waals surface area (Å²) in [5.41, 5.74) is 11.5. The van der Waals surface area contributed by atoms with Crippen LogP contribution in [0.15, 0.2) is 0 Å². The van der Waals surface area contributed by atoms with Crippen LogP contribution in [-0.4, -0.2) is 39.3 Å². The molecule has 0 spiro atoms. The van der Waals surface area contributed by atoms with Crippen LogP contribution in [0, 0.1) is 0 Å². The smallest absolute Gasteiger partial charge is 0.261 e. The molecule has 0 unspecified atom stereocenters. The first kappa shape index (κ1) is 13.0. The van der Waals surface area contributed by atoms with E-state index in [0.717, 1.165) is 31.1 Å². The van der Waals surface area contributed by atoms with Crippen LogP contribution in [0.3, 0.4) is 0 Å². The van der Waals surface area contributed by atoms with Crippen molar-refractivity contribution >= 4 is 27.9 Å². The number of hydrogen-bond donors (Lipinski definition) is 2. The molecule has 0 radical (unpaired) electrons. The van der Waals surface area contributed by atoms with E-state index in [1.807, 2.05) is 0 Å². The summed E-state index contributed by atoms with van der Waals surface area (Å²) in [7, 11) is 1.54. The van der Waals surface area contributed by atoms with Gasteiger partial charge in [-0.25, -0.2) is 0 Å². The maximum absolute atomic E-state index is 11.3. The minimum Gasteiger partial charge on any atom is -0.492 e. The fourth-order valence-electron chi connectivity index (χ4n) is 1.95. The summed E-state index contributed by atoms with van der Waals surface area (Å²) >= 11 is 1.28. The Bertz CT molecular complexity index is 439. The van der Waals surface area contributed by atoms with Crippen molar-refractivity contribution in [3.63, 3.8) is 0 Å². The first-order valence-corrected chi connectivity index (χ1v) is 6.55. The number of methoxy groups -OCH3 is 1. The Morgan fingerprint density at radius 3 is 2.89 bits per heavy atom. The van der Waals surface area contributed by atoms with Crippen LogP contribution >= 0.6 is 11.3 Å². The van der Waals surface area contributed by atoms with Crippen LogP contribution in [0.25, 0.3) is 0 Å². The summed E-state index contributed by atoms with van der Waals surface area (Å²) in [6, 6.07) is 0. The second-order valence-electron chi connectivity index (χ2n) is 4.00. The molecule has 1 aliphatic heterocycles. The summed E-state index contributed by atoms with van der Waals surface area (Å²) < 4.78 is 10.7. The molecule has 0 bridgehead atoms. The fraction of sp³-hybridized carbons (Fsp3) is 0.545. The van der Waals surface area contributed by atoms with Crippen LogP contribution in [0.1, 0.15) is 16.1 Å². The Kier molecular flexibility index (Phi) is 3.93. The van der Waals surface area contributed by atoms with Gasteiger partial charge in [-0.3, -0.25) is 4.79 Å². The first-order chi connectivity index (χ1) is 8.65. The molecule has 100 valence electrons. The van der Waals surface area contributed by atoms with Crippen molar-refractivity contribution in [1.82, 2.24) is 0 Å². The maximum Gasteiger partial charge on any atom is 0.261 e. The van der Waals surface area contributed by atoms with Gasteiger partial charge in [0, 0.05) is 19.7 Å².